The van der Waals surface area contributed by atoms with Gasteiger partial charge < -0.3 is 14.9 Å². The molecule has 2 atom stereocenters. The zero-order chi connectivity index (χ0) is 12.1. The topological polar surface area (TPSA) is 49.7 Å². The van der Waals surface area contributed by atoms with Crippen LogP contribution in [0.4, 0.5) is 0 Å². The molecule has 1 aromatic carbocycles. The summed E-state index contributed by atoms with van der Waals surface area (Å²) in [6, 6.07) is 5.06. The van der Waals surface area contributed by atoms with E-state index in [1.54, 1.807) is 25.1 Å². The molecule has 2 unspecified atom stereocenters. The molecule has 90 valence electrons. The first-order valence-corrected chi connectivity index (χ1v) is 5.70. The van der Waals surface area contributed by atoms with E-state index in [0.717, 1.165) is 0 Å². The summed E-state index contributed by atoms with van der Waals surface area (Å²) < 4.78 is 5.44. The third-order valence-corrected chi connectivity index (χ3v) is 2.56. The van der Waals surface area contributed by atoms with Crippen molar-refractivity contribution < 1.29 is 14.9 Å². The Morgan fingerprint density at radius 2 is 2.06 bits per heavy atom. The number of hydrogen-bond acceptors (Lipinski definition) is 3. The van der Waals surface area contributed by atoms with Gasteiger partial charge in [-0.05, 0) is 31.5 Å². The second-order valence-corrected chi connectivity index (χ2v) is 4.17. The number of aliphatic hydroxyl groups excluding tert-OH is 2. The first kappa shape index (κ1) is 13.3. The van der Waals surface area contributed by atoms with Crippen molar-refractivity contribution in [2.75, 3.05) is 6.61 Å². The fraction of sp³-hybridized carbons (Fsp3) is 0.500. The second-order valence-electron chi connectivity index (χ2n) is 3.73. The lowest BCUT2D eigenvalue weighted by Crippen LogP contribution is -2.16. The van der Waals surface area contributed by atoms with Crippen LogP contribution >= 0.6 is 11.6 Å². The number of halogens is 1. The van der Waals surface area contributed by atoms with Crippen LogP contribution in [0.15, 0.2) is 18.2 Å². The summed E-state index contributed by atoms with van der Waals surface area (Å²) in [7, 11) is 0. The van der Waals surface area contributed by atoms with Gasteiger partial charge in [-0.25, -0.2) is 0 Å². The van der Waals surface area contributed by atoms with Gasteiger partial charge in [0.25, 0.3) is 0 Å². The summed E-state index contributed by atoms with van der Waals surface area (Å²) in [6.07, 6.45) is -0.498. The molecule has 0 amide bonds. The molecule has 2 N–H and O–H groups in total. The van der Waals surface area contributed by atoms with E-state index < -0.39 is 12.2 Å². The summed E-state index contributed by atoms with van der Waals surface area (Å²) in [6.45, 7) is 3.75. The molecule has 0 aliphatic heterocycles. The van der Waals surface area contributed by atoms with Crippen LogP contribution in [0.1, 0.15) is 31.9 Å². The summed E-state index contributed by atoms with van der Waals surface area (Å²) in [5.74, 6) is 0.562. The van der Waals surface area contributed by atoms with Crippen LogP contribution < -0.4 is 4.74 Å². The van der Waals surface area contributed by atoms with Gasteiger partial charge in [-0.3, -0.25) is 0 Å². The van der Waals surface area contributed by atoms with Crippen LogP contribution in [-0.2, 0) is 0 Å². The van der Waals surface area contributed by atoms with Crippen LogP contribution in [0.3, 0.4) is 0 Å². The zero-order valence-corrected chi connectivity index (χ0v) is 10.2. The lowest BCUT2D eigenvalue weighted by atomic mass is 10.1. The van der Waals surface area contributed by atoms with Gasteiger partial charge in [-0.2, -0.15) is 0 Å². The van der Waals surface area contributed by atoms with E-state index in [1.165, 1.54) is 0 Å². The molecule has 1 aromatic rings. The van der Waals surface area contributed by atoms with Gasteiger partial charge in [0.1, 0.15) is 12.4 Å². The minimum absolute atomic E-state index is 0.220. The Kier molecular flexibility index (Phi) is 5.06. The average Bonchev–Trinajstić information content (AvgIpc) is 2.26. The van der Waals surface area contributed by atoms with Gasteiger partial charge in [0.2, 0.25) is 0 Å². The van der Waals surface area contributed by atoms with E-state index in [9.17, 15) is 10.2 Å². The summed E-state index contributed by atoms with van der Waals surface area (Å²) in [4.78, 5) is 0. The third-order valence-electron chi connectivity index (χ3n) is 2.32. The normalized spacial score (nSPS) is 14.6. The van der Waals surface area contributed by atoms with Gasteiger partial charge in [0, 0.05) is 10.6 Å². The summed E-state index contributed by atoms with van der Waals surface area (Å²) in [5.41, 5.74) is 0.635. The van der Waals surface area contributed by atoms with Gasteiger partial charge in [-0.15, -0.1) is 0 Å². The Balaban J connectivity index is 2.78. The predicted octanol–water partition coefficient (Wildman–Crippen LogP) is 2.54. The molecule has 0 fully saturated rings. The Labute approximate surface area is 101 Å². The summed E-state index contributed by atoms with van der Waals surface area (Å²) in [5, 5.41) is 19.5. The van der Waals surface area contributed by atoms with Gasteiger partial charge >= 0.3 is 0 Å². The monoisotopic (exact) mass is 244 g/mol. The van der Waals surface area contributed by atoms with Crippen LogP contribution in [0.25, 0.3) is 0 Å². The molecular formula is C12H17ClO3. The molecule has 3 nitrogen and oxygen atoms in total. The number of aliphatic hydroxyl groups is 2. The fourth-order valence-electron chi connectivity index (χ4n) is 1.28. The van der Waals surface area contributed by atoms with Crippen LogP contribution in [0, 0.1) is 0 Å². The number of hydrogen-bond donors (Lipinski definition) is 2. The minimum Gasteiger partial charge on any atom is -0.491 e. The van der Waals surface area contributed by atoms with Crippen molar-refractivity contribution in [3.63, 3.8) is 0 Å². The first-order valence-electron chi connectivity index (χ1n) is 5.33. The van der Waals surface area contributed by atoms with E-state index in [0.29, 0.717) is 22.8 Å². The Bertz CT molecular complexity index is 339. The van der Waals surface area contributed by atoms with E-state index in [1.807, 2.05) is 6.92 Å². The van der Waals surface area contributed by atoms with Crippen molar-refractivity contribution in [2.45, 2.75) is 32.5 Å². The molecule has 0 radical (unpaired) electrons. The lowest BCUT2D eigenvalue weighted by molar-refractivity contribution is 0.101. The highest BCUT2D eigenvalue weighted by Gasteiger charge is 2.11. The SMILES string of the molecule is CCC(O)COc1ccc(Cl)cc1C(C)O. The largest absolute Gasteiger partial charge is 0.491 e. The van der Waals surface area contributed by atoms with Crippen molar-refractivity contribution in [3.05, 3.63) is 28.8 Å². The summed E-state index contributed by atoms with van der Waals surface area (Å²) >= 11 is 5.83. The molecule has 0 bridgehead atoms. The molecule has 16 heavy (non-hydrogen) atoms. The maximum atomic E-state index is 9.55. The highest BCUT2D eigenvalue weighted by Crippen LogP contribution is 2.28. The highest BCUT2D eigenvalue weighted by atomic mass is 35.5. The van der Waals surface area contributed by atoms with E-state index in [-0.39, 0.29) is 6.61 Å². The van der Waals surface area contributed by atoms with E-state index >= 15 is 0 Å². The fourth-order valence-corrected chi connectivity index (χ4v) is 1.46. The Hall–Kier alpha value is -0.770. The van der Waals surface area contributed by atoms with Crippen LogP contribution in [0.5, 0.6) is 5.75 Å². The van der Waals surface area contributed by atoms with Crippen molar-refractivity contribution >= 4 is 11.6 Å². The quantitative estimate of drug-likeness (QED) is 0.837. The standard InChI is InChI=1S/C12H17ClO3/c1-3-10(15)7-16-12-5-4-9(13)6-11(12)8(2)14/h4-6,8,10,14-15H,3,7H2,1-2H3. The van der Waals surface area contributed by atoms with E-state index in [2.05, 4.69) is 0 Å². The molecule has 0 spiro atoms. The van der Waals surface area contributed by atoms with Crippen LogP contribution in [0.2, 0.25) is 5.02 Å². The number of benzene rings is 1. The third kappa shape index (κ3) is 3.67. The maximum absolute atomic E-state index is 9.55. The van der Waals surface area contributed by atoms with Gasteiger partial charge in [0.15, 0.2) is 0 Å². The Morgan fingerprint density at radius 1 is 1.38 bits per heavy atom. The predicted molar refractivity (Wildman–Crippen MR) is 63.9 cm³/mol. The molecule has 1 rings (SSSR count). The second kappa shape index (κ2) is 6.09. The molecule has 0 aliphatic carbocycles. The molecular weight excluding hydrogens is 228 g/mol. The van der Waals surface area contributed by atoms with Gasteiger partial charge in [-0.1, -0.05) is 18.5 Å². The van der Waals surface area contributed by atoms with Crippen molar-refractivity contribution in [1.29, 1.82) is 0 Å². The van der Waals surface area contributed by atoms with Gasteiger partial charge in [0.05, 0.1) is 12.2 Å². The van der Waals surface area contributed by atoms with Crippen molar-refractivity contribution in [3.8, 4) is 5.75 Å². The minimum atomic E-state index is -0.646. The lowest BCUT2D eigenvalue weighted by Gasteiger charge is -2.15. The van der Waals surface area contributed by atoms with Crippen LogP contribution in [-0.4, -0.2) is 22.9 Å². The maximum Gasteiger partial charge on any atom is 0.125 e. The molecule has 0 saturated carbocycles. The highest BCUT2D eigenvalue weighted by molar-refractivity contribution is 6.30. The molecule has 0 saturated heterocycles. The molecule has 0 heterocycles. The number of ether oxygens (including phenoxy) is 1. The number of rotatable bonds is 5. The molecule has 0 aliphatic rings. The van der Waals surface area contributed by atoms with Crippen molar-refractivity contribution in [2.24, 2.45) is 0 Å². The average molecular weight is 245 g/mol. The molecule has 0 aromatic heterocycles. The Morgan fingerprint density at radius 3 is 2.62 bits per heavy atom. The zero-order valence-electron chi connectivity index (χ0n) is 9.48. The van der Waals surface area contributed by atoms with Crippen molar-refractivity contribution in [1.82, 2.24) is 0 Å². The smallest absolute Gasteiger partial charge is 0.125 e. The first-order chi connectivity index (χ1) is 7.54. The van der Waals surface area contributed by atoms with E-state index in [4.69, 9.17) is 16.3 Å². The molecule has 4 heteroatoms.